The van der Waals surface area contributed by atoms with E-state index >= 15 is 0 Å². The first-order valence-corrected chi connectivity index (χ1v) is 7.14. The van der Waals surface area contributed by atoms with Crippen molar-refractivity contribution < 1.29 is 4.74 Å². The molecule has 0 radical (unpaired) electrons. The standard InChI is InChI=1S/C14H29NO/c1-13(2)16-12-8-11-15-14-9-6-4-3-5-7-10-14/h13-15H,3-12H2,1-2H3. The zero-order chi connectivity index (χ0) is 11.6. The van der Waals surface area contributed by atoms with Gasteiger partial charge in [0, 0.05) is 12.6 Å². The van der Waals surface area contributed by atoms with Crippen molar-refractivity contribution in [2.45, 2.75) is 77.4 Å². The Morgan fingerprint density at radius 2 is 1.69 bits per heavy atom. The second-order valence-electron chi connectivity index (χ2n) is 5.27. The molecule has 0 bridgehead atoms. The van der Waals surface area contributed by atoms with Crippen molar-refractivity contribution in [2.24, 2.45) is 0 Å². The van der Waals surface area contributed by atoms with Gasteiger partial charge >= 0.3 is 0 Å². The van der Waals surface area contributed by atoms with E-state index in [1.807, 2.05) is 0 Å². The lowest BCUT2D eigenvalue weighted by Crippen LogP contribution is -2.31. The molecule has 0 heterocycles. The molecule has 1 saturated carbocycles. The van der Waals surface area contributed by atoms with Crippen LogP contribution in [0.1, 0.15) is 65.2 Å². The van der Waals surface area contributed by atoms with E-state index in [0.29, 0.717) is 6.10 Å². The summed E-state index contributed by atoms with van der Waals surface area (Å²) in [5.41, 5.74) is 0. The van der Waals surface area contributed by atoms with E-state index in [4.69, 9.17) is 4.74 Å². The molecule has 96 valence electrons. The Labute approximate surface area is 101 Å². The van der Waals surface area contributed by atoms with Gasteiger partial charge in [-0.2, -0.15) is 0 Å². The van der Waals surface area contributed by atoms with Gasteiger partial charge in [0.15, 0.2) is 0 Å². The highest BCUT2D eigenvalue weighted by Gasteiger charge is 2.09. The normalized spacial score (nSPS) is 19.7. The largest absolute Gasteiger partial charge is 0.379 e. The molecule has 0 atom stereocenters. The maximum atomic E-state index is 5.54. The van der Waals surface area contributed by atoms with Gasteiger partial charge in [0.2, 0.25) is 0 Å². The summed E-state index contributed by atoms with van der Waals surface area (Å²) >= 11 is 0. The summed E-state index contributed by atoms with van der Waals surface area (Å²) in [7, 11) is 0. The van der Waals surface area contributed by atoms with E-state index < -0.39 is 0 Å². The molecule has 0 amide bonds. The van der Waals surface area contributed by atoms with Crippen LogP contribution in [0.25, 0.3) is 0 Å². The van der Waals surface area contributed by atoms with Crippen molar-refractivity contribution in [2.75, 3.05) is 13.2 Å². The Hall–Kier alpha value is -0.0800. The zero-order valence-electron chi connectivity index (χ0n) is 11.1. The Morgan fingerprint density at radius 1 is 1.06 bits per heavy atom. The van der Waals surface area contributed by atoms with Gasteiger partial charge in [0.05, 0.1) is 6.10 Å². The van der Waals surface area contributed by atoms with E-state index in [2.05, 4.69) is 19.2 Å². The predicted octanol–water partition coefficient (Wildman–Crippen LogP) is 3.50. The van der Waals surface area contributed by atoms with Crippen LogP contribution in [0.3, 0.4) is 0 Å². The molecule has 0 unspecified atom stereocenters. The van der Waals surface area contributed by atoms with Gasteiger partial charge in [0.1, 0.15) is 0 Å². The molecule has 1 N–H and O–H groups in total. The summed E-state index contributed by atoms with van der Waals surface area (Å²) in [6.07, 6.45) is 11.4. The van der Waals surface area contributed by atoms with Crippen molar-refractivity contribution in [3.63, 3.8) is 0 Å². The number of hydrogen-bond donors (Lipinski definition) is 1. The molecule has 1 aliphatic rings. The molecule has 16 heavy (non-hydrogen) atoms. The monoisotopic (exact) mass is 227 g/mol. The number of rotatable bonds is 6. The summed E-state index contributed by atoms with van der Waals surface area (Å²) in [6.45, 7) is 6.22. The third-order valence-corrected chi connectivity index (χ3v) is 3.31. The van der Waals surface area contributed by atoms with Gasteiger partial charge < -0.3 is 10.1 Å². The summed E-state index contributed by atoms with van der Waals surface area (Å²) < 4.78 is 5.54. The van der Waals surface area contributed by atoms with Crippen LogP contribution in [0.15, 0.2) is 0 Å². The third kappa shape index (κ3) is 7.24. The average Bonchev–Trinajstić information content (AvgIpc) is 2.19. The average molecular weight is 227 g/mol. The molecule has 1 fully saturated rings. The second kappa shape index (κ2) is 9.00. The molecule has 0 aliphatic heterocycles. The quantitative estimate of drug-likeness (QED) is 0.701. The highest BCUT2D eigenvalue weighted by molar-refractivity contribution is 4.69. The number of ether oxygens (including phenoxy) is 1. The molecular formula is C14H29NO. The van der Waals surface area contributed by atoms with E-state index in [1.54, 1.807) is 0 Å². The van der Waals surface area contributed by atoms with Crippen molar-refractivity contribution in [1.29, 1.82) is 0 Å². The molecule has 1 aliphatic carbocycles. The molecule has 2 nitrogen and oxygen atoms in total. The first-order chi connectivity index (χ1) is 7.79. The van der Waals surface area contributed by atoms with Crippen LogP contribution in [-0.2, 0) is 4.74 Å². The lowest BCUT2D eigenvalue weighted by molar-refractivity contribution is 0.0765. The summed E-state index contributed by atoms with van der Waals surface area (Å²) in [4.78, 5) is 0. The SMILES string of the molecule is CC(C)OCCCNC1CCCCCCC1. The van der Waals surface area contributed by atoms with E-state index in [9.17, 15) is 0 Å². The third-order valence-electron chi connectivity index (χ3n) is 3.31. The van der Waals surface area contributed by atoms with E-state index in [0.717, 1.165) is 25.6 Å². The topological polar surface area (TPSA) is 21.3 Å². The smallest absolute Gasteiger partial charge is 0.0518 e. The Morgan fingerprint density at radius 3 is 2.31 bits per heavy atom. The van der Waals surface area contributed by atoms with Gasteiger partial charge in [-0.05, 0) is 39.7 Å². The summed E-state index contributed by atoms with van der Waals surface area (Å²) in [5.74, 6) is 0. The van der Waals surface area contributed by atoms with Gasteiger partial charge in [-0.3, -0.25) is 0 Å². The zero-order valence-corrected chi connectivity index (χ0v) is 11.1. The maximum Gasteiger partial charge on any atom is 0.0518 e. The fraction of sp³-hybridized carbons (Fsp3) is 1.00. The first-order valence-electron chi connectivity index (χ1n) is 7.14. The summed E-state index contributed by atoms with van der Waals surface area (Å²) in [6, 6.07) is 0.777. The van der Waals surface area contributed by atoms with Crippen molar-refractivity contribution in [1.82, 2.24) is 5.32 Å². The van der Waals surface area contributed by atoms with Crippen LogP contribution in [-0.4, -0.2) is 25.3 Å². The molecule has 0 aromatic heterocycles. The van der Waals surface area contributed by atoms with Crippen LogP contribution >= 0.6 is 0 Å². The molecule has 1 rings (SSSR count). The van der Waals surface area contributed by atoms with Crippen LogP contribution in [0.4, 0.5) is 0 Å². The van der Waals surface area contributed by atoms with Crippen molar-refractivity contribution in [3.8, 4) is 0 Å². The highest BCUT2D eigenvalue weighted by Crippen LogP contribution is 2.16. The Balaban J connectivity index is 1.97. The fourth-order valence-corrected chi connectivity index (χ4v) is 2.36. The minimum atomic E-state index is 0.376. The number of nitrogens with one attached hydrogen (secondary N) is 1. The highest BCUT2D eigenvalue weighted by atomic mass is 16.5. The molecule has 0 saturated heterocycles. The second-order valence-corrected chi connectivity index (χ2v) is 5.27. The molecule has 2 heteroatoms. The molecule has 0 spiro atoms. The first kappa shape index (κ1) is 14.0. The van der Waals surface area contributed by atoms with E-state index in [1.165, 1.54) is 44.9 Å². The predicted molar refractivity (Wildman–Crippen MR) is 69.8 cm³/mol. The van der Waals surface area contributed by atoms with Crippen LogP contribution in [0.5, 0.6) is 0 Å². The fourth-order valence-electron chi connectivity index (χ4n) is 2.36. The number of hydrogen-bond acceptors (Lipinski definition) is 2. The molecule has 0 aromatic carbocycles. The Bertz CT molecular complexity index is 151. The maximum absolute atomic E-state index is 5.54. The minimum Gasteiger partial charge on any atom is -0.379 e. The lowest BCUT2D eigenvalue weighted by atomic mass is 9.97. The molecule has 0 aromatic rings. The molecular weight excluding hydrogens is 198 g/mol. The van der Waals surface area contributed by atoms with Gasteiger partial charge in [-0.25, -0.2) is 0 Å². The van der Waals surface area contributed by atoms with Crippen LogP contribution < -0.4 is 5.32 Å². The van der Waals surface area contributed by atoms with Gasteiger partial charge in [-0.15, -0.1) is 0 Å². The van der Waals surface area contributed by atoms with Gasteiger partial charge in [0.25, 0.3) is 0 Å². The van der Waals surface area contributed by atoms with Crippen molar-refractivity contribution >= 4 is 0 Å². The summed E-state index contributed by atoms with van der Waals surface area (Å²) in [5, 5.41) is 3.68. The van der Waals surface area contributed by atoms with Crippen molar-refractivity contribution in [3.05, 3.63) is 0 Å². The van der Waals surface area contributed by atoms with Gasteiger partial charge in [-0.1, -0.05) is 32.1 Å². The minimum absolute atomic E-state index is 0.376. The van der Waals surface area contributed by atoms with E-state index in [-0.39, 0.29) is 0 Å². The van der Waals surface area contributed by atoms with Crippen LogP contribution in [0, 0.1) is 0 Å². The van der Waals surface area contributed by atoms with Crippen LogP contribution in [0.2, 0.25) is 0 Å². The Kier molecular flexibility index (Phi) is 7.87. The lowest BCUT2D eigenvalue weighted by Gasteiger charge is -2.21.